The van der Waals surface area contributed by atoms with Gasteiger partial charge in [0, 0.05) is 25.7 Å². The maximum absolute atomic E-state index is 13.1. The maximum atomic E-state index is 13.1. The van der Waals surface area contributed by atoms with Gasteiger partial charge in [0.15, 0.2) is 12.2 Å². The lowest BCUT2D eigenvalue weighted by Gasteiger charge is -2.21. The van der Waals surface area contributed by atoms with Crippen molar-refractivity contribution in [2.24, 2.45) is 0 Å². The van der Waals surface area contributed by atoms with Crippen LogP contribution in [-0.4, -0.2) is 96.7 Å². The van der Waals surface area contributed by atoms with Crippen LogP contribution in [0.4, 0.5) is 0 Å². The minimum Gasteiger partial charge on any atom is -0.462 e. The van der Waals surface area contributed by atoms with Crippen molar-refractivity contribution in [3.8, 4) is 0 Å². The molecule has 5 atom stereocenters. The quantitative estimate of drug-likeness (QED) is 0.0169. The molecule has 2 unspecified atom stereocenters. The normalized spacial score (nSPS) is 14.2. The minimum atomic E-state index is -4.99. The molecular weight excluding hydrogens is 1330 g/mol. The average Bonchev–Trinajstić information content (AvgIpc) is 0.908. The molecule has 0 aliphatic carbocycles. The number of allylic oxidation sites excluding steroid dienone is 12. The largest absolute Gasteiger partial charge is 0.472 e. The van der Waals surface area contributed by atoms with Crippen LogP contribution in [0.5, 0.6) is 0 Å². The predicted octanol–water partition coefficient (Wildman–Crippen LogP) is 24.0. The number of rotatable bonds is 78. The van der Waals surface area contributed by atoms with Crippen molar-refractivity contribution in [2.75, 3.05) is 39.6 Å². The topological polar surface area (TPSA) is 237 Å². The SMILES string of the molecule is CCCCC/C=C\C/C=C\C/C=C\C/C=C\CCCC(=O)O[C@H](COC(=O)CCCCCCCCCCCCCCCCCCC)COP(=O)(O)OC[C@H](O)COP(=O)(O)OC[C@@H](COC(=O)CCCCCCC/C=C\C/C=C\CCCCC)OC(=O)CCCCCCCCCCCCCCC. The van der Waals surface area contributed by atoms with Crippen LogP contribution in [0, 0.1) is 0 Å². The van der Waals surface area contributed by atoms with Gasteiger partial charge < -0.3 is 33.8 Å². The molecule has 3 N–H and O–H groups in total. The van der Waals surface area contributed by atoms with Crippen LogP contribution in [-0.2, 0) is 65.4 Å². The van der Waals surface area contributed by atoms with E-state index < -0.39 is 97.5 Å². The van der Waals surface area contributed by atoms with Gasteiger partial charge in [0.2, 0.25) is 0 Å². The summed E-state index contributed by atoms with van der Waals surface area (Å²) in [4.78, 5) is 73.0. The summed E-state index contributed by atoms with van der Waals surface area (Å²) in [6, 6.07) is 0. The van der Waals surface area contributed by atoms with Crippen LogP contribution >= 0.6 is 15.6 Å². The molecule has 0 spiro atoms. The van der Waals surface area contributed by atoms with E-state index in [-0.39, 0.29) is 25.7 Å². The number of phosphoric ester groups is 2. The van der Waals surface area contributed by atoms with Crippen LogP contribution in [0.15, 0.2) is 72.9 Å². The molecule has 0 saturated heterocycles. The van der Waals surface area contributed by atoms with Gasteiger partial charge in [-0.05, 0) is 96.3 Å². The third-order valence-corrected chi connectivity index (χ3v) is 19.6. The van der Waals surface area contributed by atoms with E-state index in [0.29, 0.717) is 32.1 Å². The van der Waals surface area contributed by atoms with Gasteiger partial charge in [0.05, 0.1) is 26.4 Å². The van der Waals surface area contributed by atoms with Crippen molar-refractivity contribution in [1.82, 2.24) is 0 Å². The van der Waals surface area contributed by atoms with Gasteiger partial charge in [-0.25, -0.2) is 9.13 Å². The zero-order chi connectivity index (χ0) is 74.6. The van der Waals surface area contributed by atoms with Gasteiger partial charge in [-0.15, -0.1) is 0 Å². The van der Waals surface area contributed by atoms with Crippen LogP contribution in [0.25, 0.3) is 0 Å². The Labute approximate surface area is 622 Å². The second-order valence-electron chi connectivity index (χ2n) is 27.7. The molecule has 102 heavy (non-hydrogen) atoms. The Kier molecular flexibility index (Phi) is 73.1. The summed E-state index contributed by atoms with van der Waals surface area (Å²) in [6.45, 7) is 4.82. The molecule has 0 bridgehead atoms. The fourth-order valence-electron chi connectivity index (χ4n) is 11.4. The van der Waals surface area contributed by atoms with Crippen molar-refractivity contribution < 1.29 is 80.2 Å². The zero-order valence-electron chi connectivity index (χ0n) is 65.0. The lowest BCUT2D eigenvalue weighted by molar-refractivity contribution is -0.161. The summed E-state index contributed by atoms with van der Waals surface area (Å²) in [5.41, 5.74) is 0. The number of phosphoric acid groups is 2. The second kappa shape index (κ2) is 75.7. The van der Waals surface area contributed by atoms with E-state index in [4.69, 9.17) is 37.0 Å². The first kappa shape index (κ1) is 98.5. The van der Waals surface area contributed by atoms with Crippen molar-refractivity contribution in [2.45, 2.75) is 393 Å². The molecule has 0 saturated carbocycles. The average molecular weight is 1480 g/mol. The molecule has 594 valence electrons. The number of aliphatic hydroxyl groups is 1. The van der Waals surface area contributed by atoms with Gasteiger partial charge >= 0.3 is 39.5 Å². The lowest BCUT2D eigenvalue weighted by Crippen LogP contribution is -2.30. The Morgan fingerprint density at radius 1 is 0.275 bits per heavy atom. The molecule has 0 rings (SSSR count). The summed E-state index contributed by atoms with van der Waals surface area (Å²) < 4.78 is 68.6. The molecule has 0 heterocycles. The number of esters is 4. The minimum absolute atomic E-state index is 0.0234. The second-order valence-corrected chi connectivity index (χ2v) is 30.6. The molecule has 0 aliphatic heterocycles. The first-order valence-corrected chi connectivity index (χ1v) is 44.2. The smallest absolute Gasteiger partial charge is 0.462 e. The summed E-state index contributed by atoms with van der Waals surface area (Å²) >= 11 is 0. The number of aliphatic hydroxyl groups excluding tert-OH is 1. The summed E-state index contributed by atoms with van der Waals surface area (Å²) in [7, 11) is -9.96. The van der Waals surface area contributed by atoms with Gasteiger partial charge in [0.25, 0.3) is 0 Å². The fourth-order valence-corrected chi connectivity index (χ4v) is 12.9. The van der Waals surface area contributed by atoms with Crippen LogP contribution in [0.2, 0.25) is 0 Å². The van der Waals surface area contributed by atoms with E-state index in [1.54, 1.807) is 0 Å². The van der Waals surface area contributed by atoms with Gasteiger partial charge in [-0.2, -0.15) is 0 Å². The number of carbonyl (C=O) groups is 4. The maximum Gasteiger partial charge on any atom is 0.472 e. The lowest BCUT2D eigenvalue weighted by atomic mass is 10.0. The Bertz CT molecular complexity index is 2210. The van der Waals surface area contributed by atoms with Crippen molar-refractivity contribution in [3.05, 3.63) is 72.9 Å². The highest BCUT2D eigenvalue weighted by Crippen LogP contribution is 2.45. The Hall–Kier alpha value is -3.50. The summed E-state index contributed by atoms with van der Waals surface area (Å²) in [5, 5.41) is 10.6. The fraction of sp³-hybridized carbons (Fsp3) is 0.807. The predicted molar refractivity (Wildman–Crippen MR) is 418 cm³/mol. The number of hydrogen-bond donors (Lipinski definition) is 3. The highest BCUT2D eigenvalue weighted by molar-refractivity contribution is 7.47. The van der Waals surface area contributed by atoms with E-state index in [1.807, 2.05) is 12.2 Å². The highest BCUT2D eigenvalue weighted by Gasteiger charge is 2.30. The van der Waals surface area contributed by atoms with Gasteiger partial charge in [-0.3, -0.25) is 37.3 Å². The number of unbranched alkanes of at least 4 members (excludes halogenated alkanes) is 40. The first-order chi connectivity index (χ1) is 49.7. The number of ether oxygens (including phenoxy) is 4. The molecule has 0 radical (unpaired) electrons. The first-order valence-electron chi connectivity index (χ1n) is 41.2. The van der Waals surface area contributed by atoms with Crippen LogP contribution < -0.4 is 0 Å². The van der Waals surface area contributed by atoms with Crippen molar-refractivity contribution in [3.63, 3.8) is 0 Å². The molecule has 0 amide bonds. The molecule has 0 aromatic carbocycles. The molecule has 0 aromatic heterocycles. The van der Waals surface area contributed by atoms with E-state index in [0.717, 1.165) is 116 Å². The van der Waals surface area contributed by atoms with Crippen LogP contribution in [0.3, 0.4) is 0 Å². The Morgan fingerprint density at radius 3 is 0.794 bits per heavy atom. The van der Waals surface area contributed by atoms with E-state index in [1.165, 1.54) is 173 Å². The third-order valence-electron chi connectivity index (χ3n) is 17.7. The molecule has 0 aliphatic rings. The summed E-state index contributed by atoms with van der Waals surface area (Å²) in [5.74, 6) is -2.22. The van der Waals surface area contributed by atoms with E-state index in [9.17, 15) is 43.2 Å². The van der Waals surface area contributed by atoms with Crippen LogP contribution in [0.1, 0.15) is 374 Å². The van der Waals surface area contributed by atoms with Crippen molar-refractivity contribution >= 4 is 39.5 Å². The molecule has 0 fully saturated rings. The monoisotopic (exact) mass is 1480 g/mol. The van der Waals surface area contributed by atoms with E-state index >= 15 is 0 Å². The van der Waals surface area contributed by atoms with Gasteiger partial charge in [-0.1, -0.05) is 325 Å². The molecular formula is C83H150O17P2. The third kappa shape index (κ3) is 74.8. The van der Waals surface area contributed by atoms with E-state index in [2.05, 4.69) is 88.5 Å². The molecule has 0 aromatic rings. The zero-order valence-corrected chi connectivity index (χ0v) is 66.8. The Morgan fingerprint density at radius 2 is 0.490 bits per heavy atom. The molecule has 19 heteroatoms. The summed E-state index contributed by atoms with van der Waals surface area (Å²) in [6.07, 6.45) is 77.4. The number of hydrogen-bond acceptors (Lipinski definition) is 15. The van der Waals surface area contributed by atoms with Gasteiger partial charge in [0.1, 0.15) is 19.3 Å². The standard InChI is InChI=1S/C83H150O17P2/c1-5-9-13-17-21-25-29-33-36-38-41-45-48-52-56-60-64-68-81(86)94-74-79(100-83(88)70-66-62-58-54-50-46-42-39-37-34-30-26-22-18-14-10-6-2)76-98-102(91,92)96-72-77(84)71-95-101(89,90)97-75-78(99-82(87)69-65-61-57-53-49-43-32-28-24-20-16-12-8-4)73-93-80(85)67-63-59-55-51-47-44-40-35-31-27-23-19-15-11-7-3/h22-23,26-27,34-35,37,40,42,46,54,58,77-79,84H,5-21,24-25,28-33,36,38-39,41,43-45,47-53,55-57,59-76H2,1-4H3,(H,89,90)(H,91,92)/b26-22-,27-23-,37-34-,40-35-,46-42-,58-54-/t77-,78-,79-/m1/s1. The van der Waals surface area contributed by atoms with Crippen molar-refractivity contribution in [1.29, 1.82) is 0 Å². The number of carbonyl (C=O) groups excluding carboxylic acids is 4. The highest BCUT2D eigenvalue weighted by atomic mass is 31.2. The Balaban J connectivity index is 5.37. The molecule has 17 nitrogen and oxygen atoms in total.